The minimum Gasteiger partial charge on any atom is -0.481 e. The summed E-state index contributed by atoms with van der Waals surface area (Å²) in [4.78, 5) is 10.1. The maximum absolute atomic E-state index is 10.1. The molecular formula is C6H13NO2S. The van der Waals surface area contributed by atoms with Gasteiger partial charge in [0, 0.05) is 0 Å². The summed E-state index contributed by atoms with van der Waals surface area (Å²) in [5.41, 5.74) is 5.44. The molecule has 0 aliphatic heterocycles. The zero-order chi connectivity index (χ0) is 7.98. The molecule has 0 amide bonds. The van der Waals surface area contributed by atoms with Crippen molar-refractivity contribution in [2.24, 2.45) is 5.73 Å². The molecule has 0 bridgehead atoms. The fraction of sp³-hybridized carbons (Fsp3) is 0.833. The molecule has 0 aromatic carbocycles. The second kappa shape index (κ2) is 5.56. The monoisotopic (exact) mass is 163 g/mol. The van der Waals surface area contributed by atoms with Crippen molar-refractivity contribution in [3.8, 4) is 0 Å². The quantitative estimate of drug-likeness (QED) is 0.591. The molecule has 0 fully saturated rings. The van der Waals surface area contributed by atoms with Crippen LogP contribution in [-0.4, -0.2) is 22.2 Å². The van der Waals surface area contributed by atoms with Crippen molar-refractivity contribution in [2.75, 3.05) is 5.75 Å². The second-order valence-electron chi connectivity index (χ2n) is 2.01. The molecule has 0 saturated heterocycles. The van der Waals surface area contributed by atoms with Gasteiger partial charge in [0.2, 0.25) is 0 Å². The van der Waals surface area contributed by atoms with E-state index < -0.39 is 5.97 Å². The Bertz CT molecular complexity index is 108. The molecule has 0 aliphatic carbocycles. The van der Waals surface area contributed by atoms with Crippen molar-refractivity contribution in [3.63, 3.8) is 0 Å². The maximum Gasteiger partial charge on any atom is 0.305 e. The number of hydrogen-bond acceptors (Lipinski definition) is 3. The minimum atomic E-state index is -0.823. The number of hydrogen-bond donors (Lipinski definition) is 2. The highest BCUT2D eigenvalue weighted by Gasteiger charge is 2.06. The van der Waals surface area contributed by atoms with Gasteiger partial charge in [-0.15, -0.1) is 11.8 Å². The highest BCUT2D eigenvalue weighted by atomic mass is 32.2. The summed E-state index contributed by atoms with van der Waals surface area (Å²) in [6, 6.07) is 0. The van der Waals surface area contributed by atoms with Gasteiger partial charge in [-0.2, -0.15) is 0 Å². The Morgan fingerprint density at radius 1 is 1.80 bits per heavy atom. The molecule has 4 heteroatoms. The summed E-state index contributed by atoms with van der Waals surface area (Å²) in [6.07, 6.45) is 1.10. The third-order valence-electron chi connectivity index (χ3n) is 0.912. The van der Waals surface area contributed by atoms with E-state index in [0.717, 1.165) is 12.2 Å². The van der Waals surface area contributed by atoms with Crippen LogP contribution in [0.3, 0.4) is 0 Å². The third kappa shape index (κ3) is 5.91. The van der Waals surface area contributed by atoms with E-state index in [1.807, 2.05) is 6.92 Å². The first-order chi connectivity index (χ1) is 4.66. The summed E-state index contributed by atoms with van der Waals surface area (Å²) >= 11 is 1.50. The standard InChI is InChI=1S/C6H13NO2S/c1-2-3-10-5(7)4-6(8)9/h5H,2-4,7H2,1H3,(H,8,9). The molecule has 3 N–H and O–H groups in total. The number of carbonyl (C=O) groups is 1. The van der Waals surface area contributed by atoms with E-state index in [4.69, 9.17) is 10.8 Å². The maximum atomic E-state index is 10.1. The Morgan fingerprint density at radius 2 is 2.40 bits per heavy atom. The van der Waals surface area contributed by atoms with E-state index in [2.05, 4.69) is 0 Å². The van der Waals surface area contributed by atoms with Gasteiger partial charge in [0.15, 0.2) is 0 Å². The summed E-state index contributed by atoms with van der Waals surface area (Å²) in [7, 11) is 0. The lowest BCUT2D eigenvalue weighted by Gasteiger charge is -2.05. The fourth-order valence-corrected chi connectivity index (χ4v) is 1.30. The van der Waals surface area contributed by atoms with E-state index in [1.165, 1.54) is 11.8 Å². The number of carboxylic acids is 1. The van der Waals surface area contributed by atoms with E-state index in [-0.39, 0.29) is 11.8 Å². The van der Waals surface area contributed by atoms with Crippen molar-refractivity contribution in [1.82, 2.24) is 0 Å². The molecule has 0 saturated carbocycles. The lowest BCUT2D eigenvalue weighted by Crippen LogP contribution is -2.20. The molecule has 0 aromatic heterocycles. The van der Waals surface area contributed by atoms with Crippen LogP contribution in [0.2, 0.25) is 0 Å². The van der Waals surface area contributed by atoms with Crippen molar-refractivity contribution in [3.05, 3.63) is 0 Å². The van der Waals surface area contributed by atoms with E-state index in [0.29, 0.717) is 0 Å². The van der Waals surface area contributed by atoms with Gasteiger partial charge in [-0.25, -0.2) is 0 Å². The van der Waals surface area contributed by atoms with Gasteiger partial charge in [0.1, 0.15) is 0 Å². The van der Waals surface area contributed by atoms with Gasteiger partial charge in [0.25, 0.3) is 0 Å². The van der Waals surface area contributed by atoms with Crippen LogP contribution in [-0.2, 0) is 4.79 Å². The summed E-state index contributed by atoms with van der Waals surface area (Å²) in [5, 5.41) is 8.05. The summed E-state index contributed by atoms with van der Waals surface area (Å²) < 4.78 is 0. The lowest BCUT2D eigenvalue weighted by atomic mass is 10.4. The van der Waals surface area contributed by atoms with Crippen LogP contribution >= 0.6 is 11.8 Å². The highest BCUT2D eigenvalue weighted by molar-refractivity contribution is 7.99. The Balaban J connectivity index is 3.25. The minimum absolute atomic E-state index is 0.0602. The van der Waals surface area contributed by atoms with Crippen molar-refractivity contribution in [2.45, 2.75) is 25.1 Å². The molecule has 10 heavy (non-hydrogen) atoms. The van der Waals surface area contributed by atoms with Crippen molar-refractivity contribution < 1.29 is 9.90 Å². The van der Waals surface area contributed by atoms with E-state index in [9.17, 15) is 4.79 Å². The van der Waals surface area contributed by atoms with Crippen molar-refractivity contribution >= 4 is 17.7 Å². The van der Waals surface area contributed by atoms with Crippen molar-refractivity contribution in [1.29, 1.82) is 0 Å². The average Bonchev–Trinajstić information content (AvgIpc) is 1.82. The molecule has 0 rings (SSSR count). The topological polar surface area (TPSA) is 63.3 Å². The Hall–Kier alpha value is -0.220. The predicted octanol–water partition coefficient (Wildman–Crippen LogP) is 0.889. The van der Waals surface area contributed by atoms with Gasteiger partial charge in [-0.3, -0.25) is 4.79 Å². The molecule has 1 atom stereocenters. The molecule has 3 nitrogen and oxygen atoms in total. The van der Waals surface area contributed by atoms with Crippen LogP contribution in [0.1, 0.15) is 19.8 Å². The van der Waals surface area contributed by atoms with Gasteiger partial charge < -0.3 is 10.8 Å². The summed E-state index contributed by atoms with van der Waals surface area (Å²) in [5.74, 6) is 0.116. The molecular weight excluding hydrogens is 150 g/mol. The SMILES string of the molecule is CCCSC(N)CC(=O)O. The van der Waals surface area contributed by atoms with Crippen LogP contribution in [0.15, 0.2) is 0 Å². The van der Waals surface area contributed by atoms with Crippen LogP contribution in [0.5, 0.6) is 0 Å². The third-order valence-corrected chi connectivity index (χ3v) is 2.15. The molecule has 0 aromatic rings. The first-order valence-corrected chi connectivity index (χ1v) is 4.30. The van der Waals surface area contributed by atoms with Crippen LogP contribution in [0, 0.1) is 0 Å². The zero-order valence-corrected chi connectivity index (χ0v) is 6.86. The Morgan fingerprint density at radius 3 is 2.80 bits per heavy atom. The number of rotatable bonds is 5. The Labute approximate surface area is 65.0 Å². The number of carboxylic acid groups (broad SMARTS) is 1. The van der Waals surface area contributed by atoms with Gasteiger partial charge in [-0.05, 0) is 12.2 Å². The van der Waals surface area contributed by atoms with E-state index >= 15 is 0 Å². The second-order valence-corrected chi connectivity index (χ2v) is 3.35. The smallest absolute Gasteiger partial charge is 0.305 e. The number of nitrogens with two attached hydrogens (primary N) is 1. The predicted molar refractivity (Wildman–Crippen MR) is 43.0 cm³/mol. The van der Waals surface area contributed by atoms with Gasteiger partial charge >= 0.3 is 5.97 Å². The first-order valence-electron chi connectivity index (χ1n) is 3.25. The molecule has 1 unspecified atom stereocenters. The summed E-state index contributed by atoms with van der Waals surface area (Å²) in [6.45, 7) is 2.04. The van der Waals surface area contributed by atoms with Gasteiger partial charge in [0.05, 0.1) is 11.8 Å². The van der Waals surface area contributed by atoms with Crippen LogP contribution in [0.25, 0.3) is 0 Å². The van der Waals surface area contributed by atoms with Crippen LogP contribution in [0.4, 0.5) is 0 Å². The highest BCUT2D eigenvalue weighted by Crippen LogP contribution is 2.09. The van der Waals surface area contributed by atoms with Gasteiger partial charge in [-0.1, -0.05) is 6.92 Å². The van der Waals surface area contributed by atoms with Crippen LogP contribution < -0.4 is 5.73 Å². The molecule has 0 radical (unpaired) electrons. The molecule has 0 heterocycles. The lowest BCUT2D eigenvalue weighted by molar-refractivity contribution is -0.136. The number of aliphatic carboxylic acids is 1. The van der Waals surface area contributed by atoms with E-state index in [1.54, 1.807) is 0 Å². The Kier molecular flexibility index (Phi) is 5.43. The average molecular weight is 163 g/mol. The first kappa shape index (κ1) is 9.78. The largest absolute Gasteiger partial charge is 0.481 e. The normalized spacial score (nSPS) is 13.0. The number of thioether (sulfide) groups is 1. The molecule has 0 aliphatic rings. The zero-order valence-electron chi connectivity index (χ0n) is 6.04. The molecule has 0 spiro atoms. The fourth-order valence-electron chi connectivity index (χ4n) is 0.500. The molecule has 60 valence electrons.